The van der Waals surface area contributed by atoms with Crippen LogP contribution in [0, 0.1) is 0 Å². The molecule has 0 spiro atoms. The maximum atomic E-state index is 14.4. The van der Waals surface area contributed by atoms with Gasteiger partial charge < -0.3 is 20.3 Å². The molecule has 0 aromatic carbocycles. The van der Waals surface area contributed by atoms with Gasteiger partial charge in [-0.1, -0.05) is 26.2 Å². The number of hydrogen-bond acceptors (Lipinski definition) is 7. The molecule has 4 atom stereocenters. The molecular weight excluding hydrogens is 393 g/mol. The Labute approximate surface area is 165 Å². The molecule has 0 radical (unpaired) electrons. The molecule has 1 aliphatic rings. The molecule has 1 aliphatic heterocycles. The fraction of sp³-hybridized carbons (Fsp3) is 0.647. The van der Waals surface area contributed by atoms with E-state index in [0.717, 1.165) is 25.7 Å². The zero-order chi connectivity index (χ0) is 20.3. The number of amides is 1. The summed E-state index contributed by atoms with van der Waals surface area (Å²) in [5, 5.41) is 21.6. The first kappa shape index (κ1) is 20.8. The second-order valence-corrected chi connectivity index (χ2v) is 7.04. The van der Waals surface area contributed by atoms with Crippen molar-refractivity contribution in [3.05, 3.63) is 11.6 Å². The van der Waals surface area contributed by atoms with Gasteiger partial charge in [-0.05, 0) is 18.0 Å². The van der Waals surface area contributed by atoms with Crippen LogP contribution in [0.3, 0.4) is 0 Å². The van der Waals surface area contributed by atoms with Crippen molar-refractivity contribution in [2.24, 2.45) is 0 Å². The summed E-state index contributed by atoms with van der Waals surface area (Å²) in [7, 11) is 0. The van der Waals surface area contributed by atoms with Crippen molar-refractivity contribution in [2.75, 3.05) is 11.9 Å². The monoisotopic (exact) mass is 415 g/mol. The second-order valence-electron chi connectivity index (χ2n) is 6.71. The predicted octanol–water partition coefficient (Wildman–Crippen LogP) is 1.98. The summed E-state index contributed by atoms with van der Waals surface area (Å²) in [5.74, 6) is -0.0973. The van der Waals surface area contributed by atoms with Crippen LogP contribution >= 0.6 is 11.6 Å². The molecule has 0 bridgehead atoms. The zero-order valence-corrected chi connectivity index (χ0v) is 16.1. The molecule has 0 aliphatic carbocycles. The topological polar surface area (TPSA) is 122 Å². The number of nitrogens with zero attached hydrogens (tertiary/aromatic N) is 4. The first-order chi connectivity index (χ1) is 13.5. The molecule has 1 saturated heterocycles. The first-order valence-electron chi connectivity index (χ1n) is 9.24. The Hall–Kier alpha value is -1.88. The molecule has 3 N–H and O–H groups in total. The highest BCUT2D eigenvalue weighted by molar-refractivity contribution is 6.28. The fourth-order valence-corrected chi connectivity index (χ4v) is 3.31. The molecule has 3 rings (SSSR count). The lowest BCUT2D eigenvalue weighted by atomic mass is 10.1. The van der Waals surface area contributed by atoms with Gasteiger partial charge >= 0.3 is 0 Å². The number of nitrogens with one attached hydrogen (secondary N) is 1. The van der Waals surface area contributed by atoms with E-state index in [1.54, 1.807) is 0 Å². The number of hydrogen-bond donors (Lipinski definition) is 3. The minimum absolute atomic E-state index is 0.127. The van der Waals surface area contributed by atoms with E-state index in [-0.39, 0.29) is 28.2 Å². The Kier molecular flexibility index (Phi) is 6.76. The standard InChI is InChI=1S/C17H23ClFN5O4/c1-2-3-4-5-6-10(26)21-14-12-15(23-17(18)22-14)24(8-20-12)16-11(19)13(27)9(7-25)28-16/h8-9,11,13,16,25,27H,2-7H2,1H3,(H,21,22,23,26)/t9-,11+,13-,16-/m1/s1. The van der Waals surface area contributed by atoms with Gasteiger partial charge in [-0.15, -0.1) is 0 Å². The van der Waals surface area contributed by atoms with E-state index in [1.165, 1.54) is 10.9 Å². The number of imidazole rings is 1. The van der Waals surface area contributed by atoms with Crippen LogP contribution in [0.1, 0.15) is 45.3 Å². The minimum Gasteiger partial charge on any atom is -0.394 e. The van der Waals surface area contributed by atoms with Crippen molar-refractivity contribution in [3.63, 3.8) is 0 Å². The normalized spacial score (nSPS) is 24.8. The third-order valence-electron chi connectivity index (χ3n) is 4.66. The van der Waals surface area contributed by atoms with Gasteiger partial charge in [0.05, 0.1) is 12.9 Å². The molecular formula is C17H23ClFN5O4. The van der Waals surface area contributed by atoms with Gasteiger partial charge in [0.1, 0.15) is 12.2 Å². The van der Waals surface area contributed by atoms with E-state index in [9.17, 15) is 19.4 Å². The van der Waals surface area contributed by atoms with Crippen LogP contribution in [0.5, 0.6) is 0 Å². The molecule has 11 heteroatoms. The Morgan fingerprint density at radius 3 is 2.86 bits per heavy atom. The molecule has 28 heavy (non-hydrogen) atoms. The molecule has 9 nitrogen and oxygen atoms in total. The number of aromatic nitrogens is 4. The molecule has 1 amide bonds. The first-order valence-corrected chi connectivity index (χ1v) is 9.62. The van der Waals surface area contributed by atoms with Crippen LogP contribution in [-0.4, -0.2) is 60.6 Å². The van der Waals surface area contributed by atoms with Crippen molar-refractivity contribution >= 4 is 34.5 Å². The summed E-state index contributed by atoms with van der Waals surface area (Å²) >= 11 is 5.97. The number of alkyl halides is 1. The van der Waals surface area contributed by atoms with Crippen LogP contribution in [0.4, 0.5) is 10.2 Å². The van der Waals surface area contributed by atoms with Crippen molar-refractivity contribution in [1.29, 1.82) is 0 Å². The maximum Gasteiger partial charge on any atom is 0.226 e. The summed E-state index contributed by atoms with van der Waals surface area (Å²) in [6.45, 7) is 1.56. The van der Waals surface area contributed by atoms with Gasteiger partial charge in [-0.2, -0.15) is 9.97 Å². The van der Waals surface area contributed by atoms with Gasteiger partial charge in [0.2, 0.25) is 11.2 Å². The number of fused-ring (bicyclic) bond motifs is 1. The quantitative estimate of drug-likeness (QED) is 0.445. The number of rotatable bonds is 8. The summed E-state index contributed by atoms with van der Waals surface area (Å²) in [5.41, 5.74) is 0.378. The largest absolute Gasteiger partial charge is 0.394 e. The number of unbranched alkanes of at least 4 members (excludes halogenated alkanes) is 3. The van der Waals surface area contributed by atoms with Crippen LogP contribution < -0.4 is 5.32 Å². The van der Waals surface area contributed by atoms with E-state index in [2.05, 4.69) is 27.2 Å². The summed E-state index contributed by atoms with van der Waals surface area (Å²) in [6, 6.07) is 0. The van der Waals surface area contributed by atoms with Gasteiger partial charge in [0.25, 0.3) is 0 Å². The molecule has 3 heterocycles. The van der Waals surface area contributed by atoms with E-state index in [1.807, 2.05) is 0 Å². The van der Waals surface area contributed by atoms with E-state index in [4.69, 9.17) is 16.3 Å². The highest BCUT2D eigenvalue weighted by Gasteiger charge is 2.45. The van der Waals surface area contributed by atoms with Gasteiger partial charge in [0.15, 0.2) is 29.4 Å². The van der Waals surface area contributed by atoms with Crippen molar-refractivity contribution < 1.29 is 24.1 Å². The summed E-state index contributed by atoms with van der Waals surface area (Å²) < 4.78 is 21.1. The Balaban J connectivity index is 1.82. The minimum atomic E-state index is -1.79. The lowest BCUT2D eigenvalue weighted by Gasteiger charge is -2.15. The third-order valence-corrected chi connectivity index (χ3v) is 4.83. The number of anilines is 1. The van der Waals surface area contributed by atoms with Crippen molar-refractivity contribution in [2.45, 2.75) is 63.6 Å². The smallest absolute Gasteiger partial charge is 0.226 e. The maximum absolute atomic E-state index is 14.4. The second kappa shape index (κ2) is 9.08. The number of aliphatic hydroxyl groups is 2. The number of aliphatic hydroxyl groups excluding tert-OH is 2. The molecule has 1 fully saturated rings. The van der Waals surface area contributed by atoms with E-state index in [0.29, 0.717) is 6.42 Å². The predicted molar refractivity (Wildman–Crippen MR) is 99.6 cm³/mol. The highest BCUT2D eigenvalue weighted by Crippen LogP contribution is 2.34. The molecule has 0 saturated carbocycles. The number of carbonyl (C=O) groups is 1. The van der Waals surface area contributed by atoms with Gasteiger partial charge in [-0.3, -0.25) is 9.36 Å². The molecule has 0 unspecified atom stereocenters. The van der Waals surface area contributed by atoms with Crippen LogP contribution in [-0.2, 0) is 9.53 Å². The van der Waals surface area contributed by atoms with E-state index >= 15 is 0 Å². The number of ether oxygens (including phenoxy) is 1. The average Bonchev–Trinajstić information content (AvgIpc) is 3.20. The third kappa shape index (κ3) is 4.24. The SMILES string of the molecule is CCCCCCC(=O)Nc1nc(Cl)nc2c1ncn2[C@@H]1O[C@H](CO)[C@@H](O)[C@@H]1F. The summed E-state index contributed by atoms with van der Waals surface area (Å²) in [4.78, 5) is 24.4. The Bertz CT molecular complexity index is 835. The molecule has 2 aromatic heterocycles. The Morgan fingerprint density at radius 2 is 2.18 bits per heavy atom. The van der Waals surface area contributed by atoms with Crippen LogP contribution in [0.25, 0.3) is 11.2 Å². The number of halogens is 2. The van der Waals surface area contributed by atoms with E-state index < -0.39 is 31.2 Å². The highest BCUT2D eigenvalue weighted by atomic mass is 35.5. The van der Waals surface area contributed by atoms with Crippen molar-refractivity contribution in [1.82, 2.24) is 19.5 Å². The summed E-state index contributed by atoms with van der Waals surface area (Å²) in [6.07, 6.45) is -0.0908. The van der Waals surface area contributed by atoms with Crippen LogP contribution in [0.2, 0.25) is 5.28 Å². The lowest BCUT2D eigenvalue weighted by molar-refractivity contribution is -0.116. The van der Waals surface area contributed by atoms with Gasteiger partial charge in [-0.25, -0.2) is 9.37 Å². The average molecular weight is 416 g/mol. The molecule has 154 valence electrons. The van der Waals surface area contributed by atoms with Crippen LogP contribution in [0.15, 0.2) is 6.33 Å². The zero-order valence-electron chi connectivity index (χ0n) is 15.4. The molecule has 2 aromatic rings. The fourth-order valence-electron chi connectivity index (χ4n) is 3.15. The Morgan fingerprint density at radius 1 is 1.39 bits per heavy atom. The van der Waals surface area contributed by atoms with Gasteiger partial charge in [0, 0.05) is 6.42 Å². The van der Waals surface area contributed by atoms with Crippen molar-refractivity contribution in [3.8, 4) is 0 Å². The lowest BCUT2D eigenvalue weighted by Crippen LogP contribution is -2.30. The number of carbonyl (C=O) groups excluding carboxylic acids is 1.